The van der Waals surface area contributed by atoms with Crippen LogP contribution in [0.5, 0.6) is 0 Å². The molecule has 0 saturated heterocycles. The molecule has 0 N–H and O–H groups in total. The first-order valence-electron chi connectivity index (χ1n) is 31.2. The summed E-state index contributed by atoms with van der Waals surface area (Å²) in [5, 5.41) is 0. The summed E-state index contributed by atoms with van der Waals surface area (Å²) < 4.78 is 16.9. The van der Waals surface area contributed by atoms with E-state index in [1.165, 1.54) is 257 Å². The van der Waals surface area contributed by atoms with Crippen molar-refractivity contribution in [3.8, 4) is 0 Å². The largest absolute Gasteiger partial charge is 0.462 e. The van der Waals surface area contributed by atoms with Crippen molar-refractivity contribution in [3.63, 3.8) is 0 Å². The second kappa shape index (κ2) is 58.7. The Morgan fingerprint density at radius 2 is 0.478 bits per heavy atom. The van der Waals surface area contributed by atoms with E-state index in [2.05, 4.69) is 32.9 Å². The summed E-state index contributed by atoms with van der Waals surface area (Å²) in [5.74, 6) is -0.840. The normalized spacial score (nSPS) is 12.0. The molecule has 0 aromatic carbocycles. The average Bonchev–Trinajstić information content (AvgIpc) is 3.35. The molecule has 0 amide bonds. The van der Waals surface area contributed by atoms with Crippen LogP contribution in [0.25, 0.3) is 0 Å². The van der Waals surface area contributed by atoms with E-state index in [4.69, 9.17) is 14.2 Å². The van der Waals surface area contributed by atoms with Crippen molar-refractivity contribution < 1.29 is 28.6 Å². The summed E-state index contributed by atoms with van der Waals surface area (Å²) in [4.78, 5) is 38.3. The quantitative estimate of drug-likeness (QED) is 0.0261. The van der Waals surface area contributed by atoms with Crippen LogP contribution in [0.2, 0.25) is 0 Å². The zero-order chi connectivity index (χ0) is 50.0. The molecule has 0 radical (unpaired) electrons. The number of hydrogen-bond donors (Lipinski definition) is 0. The molecule has 0 heterocycles. The summed E-state index contributed by atoms with van der Waals surface area (Å²) in [6.07, 6.45) is 67.8. The van der Waals surface area contributed by atoms with Gasteiger partial charge in [0.1, 0.15) is 13.2 Å². The number of unbranched alkanes of at least 4 members (excludes halogenated alkanes) is 45. The summed E-state index contributed by atoms with van der Waals surface area (Å²) in [6, 6.07) is 0. The zero-order valence-corrected chi connectivity index (χ0v) is 46.9. The lowest BCUT2D eigenvalue weighted by Crippen LogP contribution is -2.30. The maximum atomic E-state index is 12.9. The van der Waals surface area contributed by atoms with Gasteiger partial charge in [-0.3, -0.25) is 14.4 Å². The van der Waals surface area contributed by atoms with Gasteiger partial charge in [-0.2, -0.15) is 0 Å². The van der Waals surface area contributed by atoms with Gasteiger partial charge in [0.2, 0.25) is 0 Å². The maximum absolute atomic E-state index is 12.9. The molecule has 0 bridgehead atoms. The first-order valence-corrected chi connectivity index (χ1v) is 31.2. The molecule has 6 nitrogen and oxygen atoms in total. The van der Waals surface area contributed by atoms with Crippen molar-refractivity contribution >= 4 is 17.9 Å². The predicted molar refractivity (Wildman–Crippen MR) is 298 cm³/mol. The number of carbonyl (C=O) groups is 3. The van der Waals surface area contributed by atoms with Gasteiger partial charge in [0.05, 0.1) is 0 Å². The van der Waals surface area contributed by atoms with E-state index in [1.54, 1.807) is 0 Å². The van der Waals surface area contributed by atoms with Crippen LogP contribution in [0.15, 0.2) is 12.2 Å². The molecule has 0 spiro atoms. The maximum Gasteiger partial charge on any atom is 0.306 e. The second-order valence-corrected chi connectivity index (χ2v) is 21.3. The van der Waals surface area contributed by atoms with E-state index in [0.717, 1.165) is 57.8 Å². The topological polar surface area (TPSA) is 78.9 Å². The summed E-state index contributed by atoms with van der Waals surface area (Å²) in [7, 11) is 0. The van der Waals surface area contributed by atoms with Crippen LogP contribution in [0.4, 0.5) is 0 Å². The molecule has 1 unspecified atom stereocenters. The van der Waals surface area contributed by atoms with Crippen LogP contribution in [0, 0.1) is 0 Å². The molecule has 0 aromatic heterocycles. The van der Waals surface area contributed by atoms with Crippen molar-refractivity contribution in [2.45, 2.75) is 361 Å². The highest BCUT2D eigenvalue weighted by Gasteiger charge is 2.19. The van der Waals surface area contributed by atoms with E-state index >= 15 is 0 Å². The van der Waals surface area contributed by atoms with Crippen molar-refractivity contribution in [1.82, 2.24) is 0 Å². The van der Waals surface area contributed by atoms with E-state index in [9.17, 15) is 14.4 Å². The third kappa shape index (κ3) is 56.9. The van der Waals surface area contributed by atoms with Crippen LogP contribution < -0.4 is 0 Å². The van der Waals surface area contributed by atoms with Crippen LogP contribution in [-0.2, 0) is 28.6 Å². The molecule has 0 fully saturated rings. The van der Waals surface area contributed by atoms with Gasteiger partial charge < -0.3 is 14.2 Å². The van der Waals surface area contributed by atoms with E-state index in [-0.39, 0.29) is 31.1 Å². The Morgan fingerprint density at radius 1 is 0.275 bits per heavy atom. The summed E-state index contributed by atoms with van der Waals surface area (Å²) in [6.45, 7) is 6.71. The highest BCUT2D eigenvalue weighted by Crippen LogP contribution is 2.18. The van der Waals surface area contributed by atoms with Crippen molar-refractivity contribution in [2.24, 2.45) is 0 Å². The molecule has 408 valence electrons. The number of hydrogen-bond acceptors (Lipinski definition) is 6. The lowest BCUT2D eigenvalue weighted by molar-refractivity contribution is -0.167. The standard InChI is InChI=1S/C63H120O6/c1-4-7-10-13-16-19-22-25-28-30-31-33-35-38-41-44-47-50-53-56-62(65)68-59-60(58-67-61(64)55-52-49-46-43-40-37-34-27-24-21-18-15-12-9-6-3)69-63(66)57-54-51-48-45-42-39-36-32-29-26-23-20-17-14-11-8-5-2/h30-31,60H,4-29,32-59H2,1-3H3/b31-30-. The predicted octanol–water partition coefficient (Wildman–Crippen LogP) is 20.9. The van der Waals surface area contributed by atoms with Crippen molar-refractivity contribution in [2.75, 3.05) is 13.2 Å². The Morgan fingerprint density at radius 3 is 0.725 bits per heavy atom. The minimum Gasteiger partial charge on any atom is -0.462 e. The third-order valence-corrected chi connectivity index (χ3v) is 14.3. The fourth-order valence-electron chi connectivity index (χ4n) is 9.56. The molecular weight excluding hydrogens is 853 g/mol. The smallest absolute Gasteiger partial charge is 0.306 e. The summed E-state index contributed by atoms with van der Waals surface area (Å²) >= 11 is 0. The Bertz CT molecular complexity index is 1070. The van der Waals surface area contributed by atoms with Crippen molar-refractivity contribution in [1.29, 1.82) is 0 Å². The van der Waals surface area contributed by atoms with Crippen LogP contribution >= 0.6 is 0 Å². The Balaban J connectivity index is 4.30. The number of carbonyl (C=O) groups excluding carboxylic acids is 3. The molecule has 0 rings (SSSR count). The second-order valence-electron chi connectivity index (χ2n) is 21.3. The van der Waals surface area contributed by atoms with Gasteiger partial charge in [0, 0.05) is 19.3 Å². The molecule has 0 saturated carbocycles. The van der Waals surface area contributed by atoms with Gasteiger partial charge >= 0.3 is 17.9 Å². The molecule has 0 aliphatic rings. The monoisotopic (exact) mass is 973 g/mol. The SMILES string of the molecule is CCCCCCCCCC/C=C\CCCCCCCCCC(=O)OCC(COC(=O)CCCCCCCCCCCCCCCCC)OC(=O)CCCCCCCCCCCCCCCCCCC. The fraction of sp³-hybridized carbons (Fsp3) is 0.921. The Kier molecular flexibility index (Phi) is 57.1. The molecule has 0 aliphatic heterocycles. The van der Waals surface area contributed by atoms with Crippen LogP contribution in [0.3, 0.4) is 0 Å². The van der Waals surface area contributed by atoms with Crippen molar-refractivity contribution in [3.05, 3.63) is 12.2 Å². The van der Waals surface area contributed by atoms with Gasteiger partial charge in [-0.25, -0.2) is 0 Å². The number of ether oxygens (including phenoxy) is 3. The molecule has 6 heteroatoms. The molecule has 1 atom stereocenters. The number of allylic oxidation sites excluding steroid dienone is 2. The number of rotatable bonds is 58. The highest BCUT2D eigenvalue weighted by atomic mass is 16.6. The Hall–Kier alpha value is -1.85. The average molecular weight is 974 g/mol. The van der Waals surface area contributed by atoms with E-state index in [0.29, 0.717) is 19.3 Å². The van der Waals surface area contributed by atoms with E-state index < -0.39 is 6.10 Å². The highest BCUT2D eigenvalue weighted by molar-refractivity contribution is 5.71. The molecule has 0 aliphatic carbocycles. The minimum absolute atomic E-state index is 0.0648. The lowest BCUT2D eigenvalue weighted by atomic mass is 10.0. The van der Waals surface area contributed by atoms with E-state index in [1.807, 2.05) is 0 Å². The van der Waals surface area contributed by atoms with Gasteiger partial charge in [-0.05, 0) is 44.9 Å². The van der Waals surface area contributed by atoms with Gasteiger partial charge in [-0.1, -0.05) is 303 Å². The first-order chi connectivity index (χ1) is 34.0. The zero-order valence-electron chi connectivity index (χ0n) is 46.9. The van der Waals surface area contributed by atoms with Gasteiger partial charge in [-0.15, -0.1) is 0 Å². The number of esters is 3. The lowest BCUT2D eigenvalue weighted by Gasteiger charge is -2.18. The van der Waals surface area contributed by atoms with Gasteiger partial charge in [0.25, 0.3) is 0 Å². The first kappa shape index (κ1) is 67.1. The Labute approximate surface area is 431 Å². The molecule has 69 heavy (non-hydrogen) atoms. The third-order valence-electron chi connectivity index (χ3n) is 14.3. The van der Waals surface area contributed by atoms with Crippen LogP contribution in [-0.4, -0.2) is 37.2 Å². The van der Waals surface area contributed by atoms with Crippen LogP contribution in [0.1, 0.15) is 355 Å². The minimum atomic E-state index is -0.766. The molecular formula is C63H120O6. The summed E-state index contributed by atoms with van der Waals surface area (Å²) in [5.41, 5.74) is 0. The molecule has 0 aromatic rings. The van der Waals surface area contributed by atoms with Gasteiger partial charge in [0.15, 0.2) is 6.10 Å². The fourth-order valence-corrected chi connectivity index (χ4v) is 9.56.